The number of Topliss-reactive ketones (excluding diaryl/α,β-unsaturated/α-hetero) is 1. The van der Waals surface area contributed by atoms with Crippen molar-refractivity contribution in [1.29, 1.82) is 0 Å². The van der Waals surface area contributed by atoms with E-state index in [0.717, 1.165) is 36.5 Å². The Morgan fingerprint density at radius 2 is 2.05 bits per heavy atom. The average Bonchev–Trinajstić information content (AvgIpc) is 2.85. The molecule has 1 heteroatoms. The fraction of sp³-hybridized carbons (Fsp3) is 0.842. The smallest absolute Gasteiger partial charge is 0.139 e. The number of carbonyl (C=O) groups is 1. The molecule has 0 radical (unpaired) electrons. The monoisotopic (exact) mass is 272 g/mol. The number of hydrogen-bond donors (Lipinski definition) is 0. The van der Waals surface area contributed by atoms with Crippen molar-refractivity contribution < 1.29 is 4.79 Å². The highest BCUT2D eigenvalue weighted by molar-refractivity contribution is 5.87. The van der Waals surface area contributed by atoms with E-state index in [-0.39, 0.29) is 5.41 Å². The molecule has 0 saturated heterocycles. The van der Waals surface area contributed by atoms with Gasteiger partial charge in [0.1, 0.15) is 5.78 Å². The normalized spacial score (nSPS) is 47.2. The number of carbonyl (C=O) groups excluding carboxylic acids is 1. The predicted octanol–water partition coefficient (Wildman–Crippen LogP) is 4.91. The number of hydrogen-bond acceptors (Lipinski definition) is 1. The highest BCUT2D eigenvalue weighted by Gasteiger charge is 2.57. The van der Waals surface area contributed by atoms with Crippen molar-refractivity contribution in [1.82, 2.24) is 0 Å². The lowest BCUT2D eigenvalue weighted by Gasteiger charge is -2.53. The van der Waals surface area contributed by atoms with Gasteiger partial charge in [-0.15, -0.1) is 0 Å². The molecule has 0 aromatic carbocycles. The van der Waals surface area contributed by atoms with Crippen molar-refractivity contribution in [3.8, 4) is 0 Å². The van der Waals surface area contributed by atoms with Crippen LogP contribution >= 0.6 is 0 Å². The molecule has 1 nitrogen and oxygen atoms in total. The van der Waals surface area contributed by atoms with Crippen LogP contribution in [0.5, 0.6) is 0 Å². The fourth-order valence-corrected chi connectivity index (χ4v) is 6.53. The van der Waals surface area contributed by atoms with Gasteiger partial charge in [0.2, 0.25) is 0 Å². The van der Waals surface area contributed by atoms with E-state index < -0.39 is 0 Å². The van der Waals surface area contributed by atoms with Crippen LogP contribution in [0, 0.1) is 29.1 Å². The summed E-state index contributed by atoms with van der Waals surface area (Å²) in [6.45, 7) is 2.27. The van der Waals surface area contributed by atoms with Crippen LogP contribution < -0.4 is 0 Å². The molecule has 0 aliphatic heterocycles. The Hall–Kier alpha value is -0.590. The summed E-state index contributed by atoms with van der Waals surface area (Å²) >= 11 is 0. The average molecular weight is 272 g/mol. The molecule has 20 heavy (non-hydrogen) atoms. The third-order valence-electron chi connectivity index (χ3n) is 7.45. The zero-order valence-electron chi connectivity index (χ0n) is 12.9. The second-order valence-electron chi connectivity index (χ2n) is 7.80. The van der Waals surface area contributed by atoms with Crippen molar-refractivity contribution in [2.24, 2.45) is 29.1 Å². The van der Waals surface area contributed by atoms with Crippen LogP contribution in [0.1, 0.15) is 71.1 Å². The van der Waals surface area contributed by atoms with E-state index in [1.165, 1.54) is 51.4 Å². The van der Waals surface area contributed by atoms with E-state index in [9.17, 15) is 4.79 Å². The van der Waals surface area contributed by atoms with E-state index in [0.29, 0.717) is 5.78 Å². The summed E-state index contributed by atoms with van der Waals surface area (Å²) in [4.78, 5) is 12.5. The first kappa shape index (κ1) is 13.1. The number of allylic oxidation sites excluding steroid dienone is 2. The summed E-state index contributed by atoms with van der Waals surface area (Å²) < 4.78 is 0. The lowest BCUT2D eigenvalue weighted by atomic mass is 9.51. The van der Waals surface area contributed by atoms with E-state index in [1.54, 1.807) is 5.57 Å². The molecule has 0 spiro atoms. The third-order valence-corrected chi connectivity index (χ3v) is 7.45. The molecule has 0 aromatic heterocycles. The Balaban J connectivity index is 1.65. The van der Waals surface area contributed by atoms with Crippen molar-refractivity contribution in [2.45, 2.75) is 71.1 Å². The van der Waals surface area contributed by atoms with E-state index in [2.05, 4.69) is 13.0 Å². The molecule has 5 atom stereocenters. The topological polar surface area (TPSA) is 17.1 Å². The largest absolute Gasteiger partial charge is 0.299 e. The van der Waals surface area contributed by atoms with Crippen molar-refractivity contribution in [2.75, 3.05) is 0 Å². The summed E-state index contributed by atoms with van der Waals surface area (Å²) in [5.41, 5.74) is 1.91. The lowest BCUT2D eigenvalue weighted by molar-refractivity contribution is -0.132. The van der Waals surface area contributed by atoms with Crippen LogP contribution in [-0.4, -0.2) is 5.78 Å². The maximum atomic E-state index is 12.5. The van der Waals surface area contributed by atoms with Gasteiger partial charge in [-0.05, 0) is 81.5 Å². The lowest BCUT2D eigenvalue weighted by Crippen LogP contribution is -2.47. The van der Waals surface area contributed by atoms with Crippen molar-refractivity contribution >= 4 is 5.78 Å². The Morgan fingerprint density at radius 3 is 2.90 bits per heavy atom. The molecule has 4 aliphatic rings. The van der Waals surface area contributed by atoms with Crippen molar-refractivity contribution in [3.05, 3.63) is 11.6 Å². The van der Waals surface area contributed by atoms with Crippen LogP contribution in [0.3, 0.4) is 0 Å². The summed E-state index contributed by atoms with van der Waals surface area (Å²) in [6, 6.07) is 0. The first-order valence-electron chi connectivity index (χ1n) is 8.98. The first-order valence-corrected chi connectivity index (χ1v) is 8.98. The van der Waals surface area contributed by atoms with Crippen LogP contribution in [0.4, 0.5) is 0 Å². The molecule has 0 heterocycles. The maximum Gasteiger partial charge on any atom is 0.139 e. The van der Waals surface area contributed by atoms with Gasteiger partial charge in [-0.3, -0.25) is 4.79 Å². The van der Waals surface area contributed by atoms with E-state index >= 15 is 0 Å². The molecule has 0 amide bonds. The second kappa shape index (κ2) is 4.71. The van der Waals surface area contributed by atoms with Crippen LogP contribution in [-0.2, 0) is 4.79 Å². The summed E-state index contributed by atoms with van der Waals surface area (Å²) in [5.74, 6) is 4.05. The van der Waals surface area contributed by atoms with Gasteiger partial charge in [0.25, 0.3) is 0 Å². The van der Waals surface area contributed by atoms with Crippen LogP contribution in [0.25, 0.3) is 0 Å². The van der Waals surface area contributed by atoms with Gasteiger partial charge in [-0.1, -0.05) is 18.6 Å². The summed E-state index contributed by atoms with van der Waals surface area (Å²) in [5, 5.41) is 0. The highest BCUT2D eigenvalue weighted by Crippen LogP contribution is 2.61. The molecule has 1 unspecified atom stereocenters. The van der Waals surface area contributed by atoms with Gasteiger partial charge in [0.05, 0.1) is 0 Å². The van der Waals surface area contributed by atoms with Gasteiger partial charge in [0, 0.05) is 11.8 Å². The third kappa shape index (κ3) is 1.64. The minimum absolute atomic E-state index is 0.108. The van der Waals surface area contributed by atoms with Gasteiger partial charge in [-0.25, -0.2) is 0 Å². The molecule has 3 fully saturated rings. The Labute approximate surface area is 123 Å². The maximum absolute atomic E-state index is 12.5. The minimum atomic E-state index is 0.108. The molecule has 3 saturated carbocycles. The van der Waals surface area contributed by atoms with Crippen LogP contribution in [0.15, 0.2) is 11.6 Å². The number of fused-ring (bicyclic) bond motifs is 5. The Bertz CT molecular complexity index is 449. The number of rotatable bonds is 1. The van der Waals surface area contributed by atoms with E-state index in [1.807, 2.05) is 0 Å². The van der Waals surface area contributed by atoms with Gasteiger partial charge >= 0.3 is 0 Å². The Morgan fingerprint density at radius 1 is 1.15 bits per heavy atom. The van der Waals surface area contributed by atoms with Gasteiger partial charge < -0.3 is 0 Å². The summed E-state index contributed by atoms with van der Waals surface area (Å²) in [7, 11) is 0. The van der Waals surface area contributed by atoms with Crippen LogP contribution in [0.2, 0.25) is 0 Å². The first-order chi connectivity index (χ1) is 9.76. The zero-order chi connectivity index (χ0) is 13.7. The quantitative estimate of drug-likeness (QED) is 0.620. The highest BCUT2D eigenvalue weighted by atomic mass is 16.1. The fourth-order valence-electron chi connectivity index (χ4n) is 6.53. The summed E-state index contributed by atoms with van der Waals surface area (Å²) in [6.07, 6.45) is 15.2. The minimum Gasteiger partial charge on any atom is -0.299 e. The number of ketones is 1. The molecule has 0 bridgehead atoms. The zero-order valence-corrected chi connectivity index (χ0v) is 12.9. The molecule has 0 aromatic rings. The van der Waals surface area contributed by atoms with Crippen molar-refractivity contribution in [3.63, 3.8) is 0 Å². The molecule has 4 rings (SSSR count). The second-order valence-corrected chi connectivity index (χ2v) is 7.80. The molecular formula is C19H28O. The molecule has 0 N–H and O–H groups in total. The Kier molecular flexibility index (Phi) is 3.09. The molecular weight excluding hydrogens is 244 g/mol. The van der Waals surface area contributed by atoms with E-state index in [4.69, 9.17) is 0 Å². The molecule has 4 aliphatic carbocycles. The van der Waals surface area contributed by atoms with Gasteiger partial charge in [0.15, 0.2) is 0 Å². The SMILES string of the molecule is CCC12CC[C@H]3[C@@H](CCC4=CCCC[C@@H]43)[C@@H]1CCC2=O. The predicted molar refractivity (Wildman–Crippen MR) is 81.3 cm³/mol. The molecule has 110 valence electrons. The van der Waals surface area contributed by atoms with Gasteiger partial charge in [-0.2, -0.15) is 0 Å². The standard InChI is InChI=1S/C19H28O/c1-2-19-12-11-15-14-6-4-3-5-13(14)7-8-16(15)17(19)9-10-18(19)20/h5,14-17H,2-4,6-12H2,1H3/t14-,15+,16+,17-,19?/m0/s1.